The Bertz CT molecular complexity index is 820. The maximum atomic E-state index is 12.1. The Balaban J connectivity index is 1.81. The van der Waals surface area contributed by atoms with Crippen molar-refractivity contribution in [3.05, 3.63) is 46.7 Å². The van der Waals surface area contributed by atoms with Crippen molar-refractivity contribution in [3.63, 3.8) is 0 Å². The fourth-order valence-corrected chi connectivity index (χ4v) is 3.59. The van der Waals surface area contributed by atoms with Crippen molar-refractivity contribution in [2.45, 2.75) is 24.2 Å². The van der Waals surface area contributed by atoms with Crippen LogP contribution in [-0.2, 0) is 21.4 Å². The molecule has 0 aliphatic rings. The smallest absolute Gasteiger partial charge is 0.406 e. The molecule has 1 aromatic carbocycles. The molecule has 0 saturated carbocycles. The van der Waals surface area contributed by atoms with E-state index in [-0.39, 0.29) is 23.8 Å². The van der Waals surface area contributed by atoms with E-state index in [1.807, 2.05) is 16.8 Å². The van der Waals surface area contributed by atoms with Crippen LogP contribution in [0.2, 0.25) is 0 Å². The number of carbonyl (C=O) groups excluding carboxylic acids is 1. The number of rotatable bonds is 8. The van der Waals surface area contributed by atoms with E-state index in [0.717, 1.165) is 29.8 Å². The topological polar surface area (TPSA) is 84.5 Å². The van der Waals surface area contributed by atoms with E-state index in [0.29, 0.717) is 6.54 Å². The molecule has 142 valence electrons. The van der Waals surface area contributed by atoms with E-state index in [1.54, 1.807) is 0 Å². The second kappa shape index (κ2) is 8.52. The molecule has 1 heterocycles. The van der Waals surface area contributed by atoms with Gasteiger partial charge in [0.15, 0.2) is 0 Å². The molecule has 1 aromatic heterocycles. The van der Waals surface area contributed by atoms with E-state index in [1.165, 1.54) is 11.3 Å². The van der Waals surface area contributed by atoms with Gasteiger partial charge in [-0.25, -0.2) is 13.1 Å². The maximum Gasteiger partial charge on any atom is 0.573 e. The predicted octanol–water partition coefficient (Wildman–Crippen LogP) is 2.63. The van der Waals surface area contributed by atoms with Gasteiger partial charge in [-0.05, 0) is 46.7 Å². The van der Waals surface area contributed by atoms with Gasteiger partial charge in [0, 0.05) is 19.5 Å². The molecule has 0 saturated heterocycles. The third-order valence-electron chi connectivity index (χ3n) is 3.08. The largest absolute Gasteiger partial charge is 0.573 e. The Morgan fingerprint density at radius 3 is 2.42 bits per heavy atom. The number of amides is 1. The molecule has 0 unspecified atom stereocenters. The zero-order valence-electron chi connectivity index (χ0n) is 13.2. The standard InChI is InChI=1S/C15H15F3N2O4S2/c16-15(17,18)24-12-1-3-13(4-2-12)26(22,23)20-7-5-14(21)19-9-11-6-8-25-10-11/h1-4,6,8,10,20H,5,7,9H2,(H,19,21). The van der Waals surface area contributed by atoms with Gasteiger partial charge >= 0.3 is 6.36 Å². The van der Waals surface area contributed by atoms with Crippen LogP contribution < -0.4 is 14.8 Å². The summed E-state index contributed by atoms with van der Waals surface area (Å²) < 4.78 is 66.2. The molecule has 0 spiro atoms. The maximum absolute atomic E-state index is 12.1. The second-order valence-electron chi connectivity index (χ2n) is 5.08. The minimum absolute atomic E-state index is 0.0708. The van der Waals surface area contributed by atoms with Crippen LogP contribution in [0.15, 0.2) is 46.0 Å². The molecule has 0 radical (unpaired) electrons. The molecule has 1 amide bonds. The molecule has 6 nitrogen and oxygen atoms in total. The SMILES string of the molecule is O=C(CCNS(=O)(=O)c1ccc(OC(F)(F)F)cc1)NCc1ccsc1. The average Bonchev–Trinajstić information content (AvgIpc) is 3.05. The summed E-state index contributed by atoms with van der Waals surface area (Å²) in [6.45, 7) is 0.217. The minimum atomic E-state index is -4.85. The molecular weight excluding hydrogens is 393 g/mol. The summed E-state index contributed by atoms with van der Waals surface area (Å²) >= 11 is 1.50. The van der Waals surface area contributed by atoms with Gasteiger partial charge in [-0.15, -0.1) is 13.2 Å². The van der Waals surface area contributed by atoms with Crippen LogP contribution in [0.5, 0.6) is 5.75 Å². The normalized spacial score (nSPS) is 12.0. The van der Waals surface area contributed by atoms with Crippen LogP contribution in [0.3, 0.4) is 0 Å². The van der Waals surface area contributed by atoms with Gasteiger partial charge in [0.2, 0.25) is 15.9 Å². The van der Waals surface area contributed by atoms with E-state index >= 15 is 0 Å². The monoisotopic (exact) mass is 408 g/mol. The zero-order valence-corrected chi connectivity index (χ0v) is 14.9. The number of ether oxygens (including phenoxy) is 1. The lowest BCUT2D eigenvalue weighted by Gasteiger charge is -2.10. The Hall–Kier alpha value is -2.11. The van der Waals surface area contributed by atoms with Crippen molar-refractivity contribution < 1.29 is 31.1 Å². The van der Waals surface area contributed by atoms with Crippen molar-refractivity contribution in [2.75, 3.05) is 6.54 Å². The number of hydrogen-bond donors (Lipinski definition) is 2. The van der Waals surface area contributed by atoms with E-state index in [9.17, 15) is 26.4 Å². The van der Waals surface area contributed by atoms with Gasteiger partial charge < -0.3 is 10.1 Å². The van der Waals surface area contributed by atoms with E-state index in [2.05, 4.69) is 14.8 Å². The second-order valence-corrected chi connectivity index (χ2v) is 7.62. The van der Waals surface area contributed by atoms with E-state index < -0.39 is 22.1 Å². The summed E-state index contributed by atoms with van der Waals surface area (Å²) in [4.78, 5) is 11.4. The third-order valence-corrected chi connectivity index (χ3v) is 5.29. The molecule has 11 heteroatoms. The summed E-state index contributed by atoms with van der Waals surface area (Å²) in [5, 5.41) is 6.41. The van der Waals surface area contributed by atoms with Gasteiger partial charge in [-0.2, -0.15) is 11.3 Å². The first-order valence-corrected chi connectivity index (χ1v) is 9.71. The number of nitrogens with one attached hydrogen (secondary N) is 2. The number of benzene rings is 1. The molecule has 0 aliphatic carbocycles. The van der Waals surface area contributed by atoms with Gasteiger partial charge in [0.05, 0.1) is 4.90 Å². The number of hydrogen-bond acceptors (Lipinski definition) is 5. The lowest BCUT2D eigenvalue weighted by Crippen LogP contribution is -2.30. The molecule has 2 N–H and O–H groups in total. The molecule has 2 aromatic rings. The number of thiophene rings is 1. The summed E-state index contributed by atoms with van der Waals surface area (Å²) in [6, 6.07) is 5.63. The highest BCUT2D eigenvalue weighted by Gasteiger charge is 2.31. The Morgan fingerprint density at radius 1 is 1.15 bits per heavy atom. The van der Waals surface area contributed by atoms with E-state index in [4.69, 9.17) is 0 Å². The lowest BCUT2D eigenvalue weighted by atomic mass is 10.3. The quantitative estimate of drug-likeness (QED) is 0.703. The number of carbonyl (C=O) groups is 1. The molecule has 0 bridgehead atoms. The van der Waals surface area contributed by atoms with Gasteiger partial charge in [-0.3, -0.25) is 4.79 Å². The van der Waals surface area contributed by atoms with Crippen molar-refractivity contribution in [2.24, 2.45) is 0 Å². The van der Waals surface area contributed by atoms with Crippen LogP contribution in [0, 0.1) is 0 Å². The van der Waals surface area contributed by atoms with Gasteiger partial charge in [0.1, 0.15) is 5.75 Å². The van der Waals surface area contributed by atoms with Gasteiger partial charge in [0.25, 0.3) is 0 Å². The summed E-state index contributed by atoms with van der Waals surface area (Å²) in [5.74, 6) is -0.850. The van der Waals surface area contributed by atoms with Crippen LogP contribution in [-0.4, -0.2) is 27.2 Å². The molecule has 0 atom stereocenters. The molecule has 0 fully saturated rings. The highest BCUT2D eigenvalue weighted by molar-refractivity contribution is 7.89. The first-order valence-electron chi connectivity index (χ1n) is 7.29. The highest BCUT2D eigenvalue weighted by Crippen LogP contribution is 2.23. The van der Waals surface area contributed by atoms with Crippen molar-refractivity contribution >= 4 is 27.3 Å². The van der Waals surface area contributed by atoms with Gasteiger partial charge in [-0.1, -0.05) is 0 Å². The number of sulfonamides is 1. The Morgan fingerprint density at radius 2 is 1.85 bits per heavy atom. The first-order chi connectivity index (χ1) is 12.2. The molecule has 2 rings (SSSR count). The van der Waals surface area contributed by atoms with Crippen LogP contribution in [0.25, 0.3) is 0 Å². The predicted molar refractivity (Wildman–Crippen MR) is 89.1 cm³/mol. The lowest BCUT2D eigenvalue weighted by molar-refractivity contribution is -0.274. The molecule has 0 aliphatic heterocycles. The minimum Gasteiger partial charge on any atom is -0.406 e. The fourth-order valence-electron chi connectivity index (χ4n) is 1.88. The summed E-state index contributed by atoms with van der Waals surface area (Å²) in [6.07, 6.45) is -4.92. The van der Waals surface area contributed by atoms with Crippen molar-refractivity contribution in [3.8, 4) is 5.75 Å². The summed E-state index contributed by atoms with van der Waals surface area (Å²) in [7, 11) is -3.94. The molecular formula is C15H15F3N2O4S2. The summed E-state index contributed by atoms with van der Waals surface area (Å²) in [5.41, 5.74) is 0.949. The van der Waals surface area contributed by atoms with Crippen molar-refractivity contribution in [1.82, 2.24) is 10.0 Å². The average molecular weight is 408 g/mol. The van der Waals surface area contributed by atoms with Crippen molar-refractivity contribution in [1.29, 1.82) is 0 Å². The fraction of sp³-hybridized carbons (Fsp3) is 0.267. The molecule has 26 heavy (non-hydrogen) atoms. The third kappa shape index (κ3) is 6.65. The van der Waals surface area contributed by atoms with Crippen LogP contribution in [0.4, 0.5) is 13.2 Å². The highest BCUT2D eigenvalue weighted by atomic mass is 32.2. The Labute approximate surface area is 152 Å². The van der Waals surface area contributed by atoms with Crippen LogP contribution in [0.1, 0.15) is 12.0 Å². The first kappa shape index (κ1) is 20.2. The number of alkyl halides is 3. The Kier molecular flexibility index (Phi) is 6.62. The number of halogens is 3. The zero-order chi connectivity index (χ0) is 19.2. The van der Waals surface area contributed by atoms with Crippen LogP contribution >= 0.6 is 11.3 Å².